The molecule has 3 aromatic carbocycles. The molecule has 0 aromatic heterocycles. The summed E-state index contributed by atoms with van der Waals surface area (Å²) < 4.78 is 23.9. The van der Waals surface area contributed by atoms with Gasteiger partial charge < -0.3 is 10.8 Å². The SMILES string of the molecule is CC(=O)Nc1cccc([As](=O)(O)OO)c1.Nc1ccccc1.Oc1ccccc1. The van der Waals surface area contributed by atoms with Crippen LogP contribution in [0.2, 0.25) is 0 Å². The first kappa shape index (κ1) is 24.0. The van der Waals surface area contributed by atoms with Gasteiger partial charge in [-0.1, -0.05) is 36.4 Å². The van der Waals surface area contributed by atoms with Gasteiger partial charge >= 0.3 is 88.4 Å². The summed E-state index contributed by atoms with van der Waals surface area (Å²) in [7, 11) is 0. The van der Waals surface area contributed by atoms with Crippen molar-refractivity contribution in [2.75, 3.05) is 11.1 Å². The summed E-state index contributed by atoms with van der Waals surface area (Å²) in [5.41, 5.74) is 6.55. The van der Waals surface area contributed by atoms with Gasteiger partial charge in [0.15, 0.2) is 0 Å². The van der Waals surface area contributed by atoms with Gasteiger partial charge in [-0.25, -0.2) is 0 Å². The van der Waals surface area contributed by atoms with Crippen molar-refractivity contribution in [2.45, 2.75) is 6.92 Å². The molecule has 8 nitrogen and oxygen atoms in total. The molecule has 29 heavy (non-hydrogen) atoms. The van der Waals surface area contributed by atoms with Crippen LogP contribution < -0.4 is 15.4 Å². The molecule has 0 spiro atoms. The monoisotopic (exact) mass is 462 g/mol. The molecule has 1 atom stereocenters. The zero-order chi connectivity index (χ0) is 21.7. The number of phenols is 1. The zero-order valence-corrected chi connectivity index (χ0v) is 17.6. The van der Waals surface area contributed by atoms with Crippen LogP contribution in [0.3, 0.4) is 0 Å². The summed E-state index contributed by atoms with van der Waals surface area (Å²) in [6.07, 6.45) is 0. The minimum atomic E-state index is -4.83. The maximum Gasteiger partial charge on any atom is 0.115 e. The molecule has 0 aliphatic rings. The Hall–Kier alpha value is -3.03. The van der Waals surface area contributed by atoms with Crippen LogP contribution in [-0.4, -0.2) is 34.5 Å². The normalized spacial score (nSPS) is 11.6. The predicted molar refractivity (Wildman–Crippen MR) is 112 cm³/mol. The Kier molecular flexibility index (Phi) is 10.3. The number of amides is 1. The van der Waals surface area contributed by atoms with E-state index in [1.165, 1.54) is 25.1 Å². The first-order valence-electron chi connectivity index (χ1n) is 8.33. The van der Waals surface area contributed by atoms with Gasteiger partial charge in [-0.15, -0.1) is 0 Å². The standard InChI is InChI=1S/C8H10AsNO5.C6H7N.C6H6O/c1-6(11)10-8-4-2-3-7(5-8)9(12,13)15-14;2*7-6-4-2-1-3-5-6/h2-5,14H,1H3,(H,10,11)(H,12,13);1-5H,7H2;1-5,7H. The smallest absolute Gasteiger partial charge is 0.115 e. The van der Waals surface area contributed by atoms with Crippen molar-refractivity contribution in [1.82, 2.24) is 0 Å². The van der Waals surface area contributed by atoms with E-state index < -0.39 is 14.2 Å². The number of anilines is 2. The second-order valence-corrected chi connectivity index (χ2v) is 9.19. The minimum Gasteiger partial charge on any atom is -0.508 e. The number of para-hydroxylation sites is 2. The number of nitrogens with two attached hydrogens (primary N) is 1. The number of nitrogen functional groups attached to an aromatic ring is 1. The van der Waals surface area contributed by atoms with Gasteiger partial charge in [0.2, 0.25) is 0 Å². The number of nitrogens with one attached hydrogen (secondary N) is 1. The van der Waals surface area contributed by atoms with Crippen molar-refractivity contribution in [2.24, 2.45) is 0 Å². The second kappa shape index (κ2) is 12.4. The molecule has 0 heterocycles. The van der Waals surface area contributed by atoms with E-state index in [1.54, 1.807) is 30.3 Å². The third kappa shape index (κ3) is 10.2. The van der Waals surface area contributed by atoms with Crippen molar-refractivity contribution in [3.05, 3.63) is 84.9 Å². The van der Waals surface area contributed by atoms with E-state index in [-0.39, 0.29) is 10.3 Å². The Morgan fingerprint density at radius 1 is 0.966 bits per heavy atom. The van der Waals surface area contributed by atoms with Gasteiger partial charge in [-0.2, -0.15) is 0 Å². The molecular weight excluding hydrogens is 439 g/mol. The molecule has 0 aliphatic heterocycles. The van der Waals surface area contributed by atoms with E-state index in [1.807, 2.05) is 36.4 Å². The maximum absolute atomic E-state index is 11.3. The Morgan fingerprint density at radius 2 is 1.52 bits per heavy atom. The van der Waals surface area contributed by atoms with Crippen molar-refractivity contribution in [3.8, 4) is 5.75 Å². The number of benzene rings is 3. The average molecular weight is 462 g/mol. The predicted octanol–water partition coefficient (Wildman–Crippen LogP) is 2.36. The first-order chi connectivity index (χ1) is 13.7. The third-order valence-corrected chi connectivity index (χ3v) is 5.58. The molecule has 3 aromatic rings. The zero-order valence-electron chi connectivity index (χ0n) is 15.7. The molecule has 0 bridgehead atoms. The van der Waals surface area contributed by atoms with Gasteiger partial charge in [0.25, 0.3) is 0 Å². The largest absolute Gasteiger partial charge is 0.508 e. The van der Waals surface area contributed by atoms with E-state index in [4.69, 9.17) is 16.1 Å². The quantitative estimate of drug-likeness (QED) is 0.174. The van der Waals surface area contributed by atoms with Crippen LogP contribution in [0.15, 0.2) is 84.9 Å². The van der Waals surface area contributed by atoms with Gasteiger partial charge in [-0.05, 0) is 24.3 Å². The minimum absolute atomic E-state index is 0.0399. The van der Waals surface area contributed by atoms with Gasteiger partial charge in [-0.3, -0.25) is 0 Å². The number of rotatable bonds is 3. The van der Waals surface area contributed by atoms with Gasteiger partial charge in [0.05, 0.1) is 0 Å². The van der Waals surface area contributed by atoms with Crippen molar-refractivity contribution in [3.63, 3.8) is 0 Å². The summed E-state index contributed by atoms with van der Waals surface area (Å²) in [6, 6.07) is 23.8. The van der Waals surface area contributed by atoms with Crippen molar-refractivity contribution < 1.29 is 26.9 Å². The van der Waals surface area contributed by atoms with Crippen molar-refractivity contribution >= 4 is 35.8 Å². The summed E-state index contributed by atoms with van der Waals surface area (Å²) in [5.74, 6) is 0.0274. The molecule has 6 N–H and O–H groups in total. The van der Waals surface area contributed by atoms with Crippen LogP contribution in [0.25, 0.3) is 0 Å². The topological polar surface area (TPSA) is 142 Å². The van der Waals surface area contributed by atoms with Crippen LogP contribution in [0.1, 0.15) is 6.92 Å². The molecule has 0 fully saturated rings. The van der Waals surface area contributed by atoms with Crippen LogP contribution >= 0.6 is 0 Å². The molecular formula is C20H23AsN2O6. The molecule has 9 heteroatoms. The summed E-state index contributed by atoms with van der Waals surface area (Å²) in [5, 5.41) is 19.3. The summed E-state index contributed by atoms with van der Waals surface area (Å²) in [6.45, 7) is 1.32. The Labute approximate surface area is 171 Å². The van der Waals surface area contributed by atoms with Crippen LogP contribution in [0.5, 0.6) is 5.75 Å². The van der Waals surface area contributed by atoms with Crippen LogP contribution in [-0.2, 0) is 12.4 Å². The molecule has 0 radical (unpaired) electrons. The Morgan fingerprint density at radius 3 is 1.90 bits per heavy atom. The van der Waals surface area contributed by atoms with E-state index in [0.717, 1.165) is 5.69 Å². The van der Waals surface area contributed by atoms with Gasteiger partial charge in [0.1, 0.15) is 5.75 Å². The Bertz CT molecular complexity index is 885. The fourth-order valence-corrected chi connectivity index (χ4v) is 3.30. The number of hydrogen-bond donors (Lipinski definition) is 5. The number of carbonyl (C=O) groups excluding carboxylic acids is 1. The molecule has 1 amide bonds. The van der Waals surface area contributed by atoms with E-state index >= 15 is 0 Å². The summed E-state index contributed by atoms with van der Waals surface area (Å²) in [4.78, 5) is 10.7. The molecule has 1 unspecified atom stereocenters. The number of phenolic OH excluding ortho intramolecular Hbond substituents is 1. The molecule has 3 rings (SSSR count). The van der Waals surface area contributed by atoms with Crippen LogP contribution in [0.4, 0.5) is 11.4 Å². The van der Waals surface area contributed by atoms with E-state index in [2.05, 4.69) is 9.19 Å². The number of carbonyl (C=O) groups is 1. The number of aromatic hydroxyl groups is 1. The van der Waals surface area contributed by atoms with Gasteiger partial charge in [0, 0.05) is 5.69 Å². The summed E-state index contributed by atoms with van der Waals surface area (Å²) >= 11 is -4.83. The van der Waals surface area contributed by atoms with Crippen LogP contribution in [0, 0.1) is 0 Å². The molecule has 0 saturated carbocycles. The third-order valence-electron chi connectivity index (χ3n) is 3.16. The average Bonchev–Trinajstić information content (AvgIpc) is 2.70. The maximum atomic E-state index is 11.3. The Balaban J connectivity index is 0.000000248. The molecule has 0 aliphatic carbocycles. The van der Waals surface area contributed by atoms with E-state index in [0.29, 0.717) is 11.4 Å². The fraction of sp³-hybridized carbons (Fsp3) is 0.0500. The second-order valence-electron chi connectivity index (χ2n) is 5.58. The molecule has 0 saturated heterocycles. The van der Waals surface area contributed by atoms with E-state index in [9.17, 15) is 12.6 Å². The number of hydrogen-bond acceptors (Lipinski definition) is 6. The fourth-order valence-electron chi connectivity index (χ4n) is 1.89. The molecule has 154 valence electrons. The van der Waals surface area contributed by atoms with Crippen molar-refractivity contribution in [1.29, 1.82) is 0 Å². The first-order valence-corrected chi connectivity index (χ1v) is 11.6.